The van der Waals surface area contributed by atoms with Gasteiger partial charge in [-0.15, -0.1) is 0 Å². The molecular weight excluding hydrogens is 877 g/mol. The van der Waals surface area contributed by atoms with E-state index in [1.807, 2.05) is 0 Å². The Balaban J connectivity index is 1.51. The van der Waals surface area contributed by atoms with Gasteiger partial charge in [-0.3, -0.25) is 19.2 Å². The summed E-state index contributed by atoms with van der Waals surface area (Å²) < 4.78 is 79.9. The van der Waals surface area contributed by atoms with Crippen LogP contribution in [-0.4, -0.2) is 91.7 Å². The molecule has 1 aliphatic heterocycles. The van der Waals surface area contributed by atoms with Gasteiger partial charge in [0.25, 0.3) is 5.78 Å². The monoisotopic (exact) mass is 932 g/mol. The minimum Gasteiger partial charge on any atom is -0.497 e. The molecule has 1 saturated heterocycles. The average molecular weight is 933 g/mol. The maximum Gasteiger partial charge on any atom is 0.452 e. The molecule has 0 radical (unpaired) electrons. The normalized spacial score (nSPS) is 18.5. The third kappa shape index (κ3) is 12.5. The maximum absolute atomic E-state index is 15.1. The first-order chi connectivity index (χ1) is 29.9. The zero-order valence-electron chi connectivity index (χ0n) is 36.7. The Bertz CT molecular complexity index is 2260. The van der Waals surface area contributed by atoms with E-state index in [2.05, 4.69) is 16.0 Å². The molecule has 0 aromatic heterocycles. The van der Waals surface area contributed by atoms with Crippen molar-refractivity contribution in [2.75, 3.05) is 13.7 Å². The van der Waals surface area contributed by atoms with Gasteiger partial charge in [-0.25, -0.2) is 13.2 Å². The van der Waals surface area contributed by atoms with Crippen LogP contribution in [0.5, 0.6) is 5.75 Å². The highest BCUT2D eigenvalue weighted by Crippen LogP contribution is 2.42. The Morgan fingerprint density at radius 1 is 0.859 bits per heavy atom. The fourth-order valence-corrected chi connectivity index (χ4v) is 10.1. The lowest BCUT2D eigenvalue weighted by Crippen LogP contribution is -2.58. The summed E-state index contributed by atoms with van der Waals surface area (Å²) >= 11 is 6.20. The number of methoxy groups -OCH3 is 1. The molecule has 5 rings (SSSR count). The van der Waals surface area contributed by atoms with Gasteiger partial charge in [0.05, 0.1) is 29.6 Å². The molecule has 3 aromatic carbocycles. The number of carbonyl (C=O) groups is 5. The van der Waals surface area contributed by atoms with Crippen LogP contribution in [0.2, 0.25) is 5.02 Å². The van der Waals surface area contributed by atoms with Crippen LogP contribution in [0.1, 0.15) is 89.0 Å². The number of alkyl halides is 3. The van der Waals surface area contributed by atoms with Crippen molar-refractivity contribution in [3.05, 3.63) is 100 Å². The fourth-order valence-electron chi connectivity index (χ4n) is 8.19. The van der Waals surface area contributed by atoms with E-state index in [0.717, 1.165) is 4.90 Å². The van der Waals surface area contributed by atoms with Crippen molar-refractivity contribution in [3.63, 3.8) is 0 Å². The summed E-state index contributed by atoms with van der Waals surface area (Å²) in [6.45, 7) is 7.42. The minimum atomic E-state index is -5.30. The Kier molecular flexibility index (Phi) is 15.8. The van der Waals surface area contributed by atoms with E-state index in [-0.39, 0.29) is 13.0 Å². The molecule has 4 amide bonds. The number of ether oxygens (including phenoxy) is 2. The minimum absolute atomic E-state index is 0.114. The predicted molar refractivity (Wildman–Crippen MR) is 234 cm³/mol. The third-order valence-electron chi connectivity index (χ3n) is 11.6. The number of nitrogens with one attached hydrogen (secondary N) is 3. The molecule has 3 N–H and O–H groups in total. The molecule has 1 aliphatic carbocycles. The number of halogens is 4. The van der Waals surface area contributed by atoms with Crippen LogP contribution in [0.15, 0.2) is 72.8 Å². The first-order valence-corrected chi connectivity index (χ1v) is 23.2. The van der Waals surface area contributed by atoms with Crippen LogP contribution in [-0.2, 0) is 57.9 Å². The summed E-state index contributed by atoms with van der Waals surface area (Å²) in [7, 11) is -2.69. The van der Waals surface area contributed by atoms with E-state index in [4.69, 9.17) is 21.1 Å². The Hall–Kier alpha value is -5.16. The summed E-state index contributed by atoms with van der Waals surface area (Å²) in [6, 6.07) is 14.8. The van der Waals surface area contributed by atoms with Crippen LogP contribution in [0.3, 0.4) is 0 Å². The van der Waals surface area contributed by atoms with E-state index < -0.39 is 105 Å². The number of carbonyl (C=O) groups excluding carboxylic acids is 5. The maximum atomic E-state index is 15.1. The highest BCUT2D eigenvalue weighted by Gasteiger charge is 2.51. The van der Waals surface area contributed by atoms with Crippen molar-refractivity contribution in [2.45, 2.75) is 126 Å². The number of hydrogen-bond donors (Lipinski definition) is 3. The van der Waals surface area contributed by atoms with Gasteiger partial charge < -0.3 is 30.3 Å². The number of ketones is 1. The summed E-state index contributed by atoms with van der Waals surface area (Å²) in [4.78, 5) is 69.7. The van der Waals surface area contributed by atoms with Gasteiger partial charge in [0.15, 0.2) is 9.84 Å². The van der Waals surface area contributed by atoms with Gasteiger partial charge >= 0.3 is 12.3 Å². The van der Waals surface area contributed by atoms with Gasteiger partial charge in [-0.1, -0.05) is 86.8 Å². The van der Waals surface area contributed by atoms with E-state index >= 15 is 4.79 Å². The van der Waals surface area contributed by atoms with Crippen molar-refractivity contribution in [2.24, 2.45) is 5.92 Å². The quantitative estimate of drug-likeness (QED) is 0.140. The van der Waals surface area contributed by atoms with Gasteiger partial charge in [-0.05, 0) is 92.5 Å². The molecular formula is C46H56ClF3N4O9S. The number of Topliss-reactive ketones (excluding diaryl/α,β-unsaturated/α-hetero) is 1. The second-order valence-corrected chi connectivity index (χ2v) is 20.5. The third-order valence-corrected chi connectivity index (χ3v) is 13.9. The summed E-state index contributed by atoms with van der Waals surface area (Å²) in [5.41, 5.74) is 0.527. The number of rotatable bonds is 16. The number of alkyl carbamates (subject to hydrolysis) is 1. The van der Waals surface area contributed by atoms with Crippen LogP contribution < -0.4 is 20.7 Å². The van der Waals surface area contributed by atoms with Crippen LogP contribution in [0.25, 0.3) is 0 Å². The van der Waals surface area contributed by atoms with E-state index in [0.29, 0.717) is 58.7 Å². The molecule has 13 nitrogen and oxygen atoms in total. The molecule has 348 valence electrons. The van der Waals surface area contributed by atoms with E-state index in [9.17, 15) is 40.8 Å². The lowest BCUT2D eigenvalue weighted by molar-refractivity contribution is -0.175. The standard InChI is InChI=1S/C46H56ClF3N4O9S/c1-28(2)38(39(55)46(48,49)50)53-40(56)37-24-35(64(60,61)27-31-13-19-34(62-6)20-14-31)26-54(37)41(57)36(23-29-9-11-30(12-10-29)25-51-43(59)63-44(3,4)5)52-42(58)45(21-7-8-22-45)32-15-17-33(47)18-16-32/h9-20,28,35-38H,7-8,21-27H2,1-6H3,(H,51,59)(H,52,58)(H,53,56)/t35-,36?,37+,38?/m1/s1. The number of amides is 4. The zero-order chi connectivity index (χ0) is 47.2. The van der Waals surface area contributed by atoms with Gasteiger partial charge in [-0.2, -0.15) is 13.2 Å². The average Bonchev–Trinajstić information content (AvgIpc) is 3.91. The summed E-state index contributed by atoms with van der Waals surface area (Å²) in [5, 5.41) is 6.91. The SMILES string of the molecule is COc1ccc(CS(=O)(=O)[C@@H]2C[C@@H](C(=O)NC(C(=O)C(F)(F)F)C(C)C)N(C(=O)C(Cc3ccc(CNC(=O)OC(C)(C)C)cc3)NC(=O)C3(c4ccc(Cl)cc4)CCCC3)C2)cc1. The smallest absolute Gasteiger partial charge is 0.452 e. The Morgan fingerprint density at radius 2 is 1.44 bits per heavy atom. The highest BCUT2D eigenvalue weighted by atomic mass is 35.5. The molecule has 2 unspecified atom stereocenters. The van der Waals surface area contributed by atoms with E-state index in [1.54, 1.807) is 93.6 Å². The Labute approximate surface area is 377 Å². The summed E-state index contributed by atoms with van der Waals surface area (Å²) in [6.07, 6.45) is -4.23. The lowest BCUT2D eigenvalue weighted by atomic mass is 9.77. The molecule has 1 heterocycles. The molecule has 18 heteroatoms. The largest absolute Gasteiger partial charge is 0.497 e. The van der Waals surface area contributed by atoms with Gasteiger partial charge in [0.1, 0.15) is 23.4 Å². The van der Waals surface area contributed by atoms with Crippen molar-refractivity contribution in [1.29, 1.82) is 0 Å². The topological polar surface area (TPSA) is 177 Å². The fraction of sp³-hybridized carbons (Fsp3) is 0.500. The number of sulfone groups is 1. The highest BCUT2D eigenvalue weighted by molar-refractivity contribution is 7.91. The number of hydrogen-bond acceptors (Lipinski definition) is 9. The molecule has 2 fully saturated rings. The molecule has 1 saturated carbocycles. The molecule has 0 bridgehead atoms. The van der Waals surface area contributed by atoms with Crippen molar-refractivity contribution in [1.82, 2.24) is 20.9 Å². The second kappa shape index (κ2) is 20.3. The lowest BCUT2D eigenvalue weighted by Gasteiger charge is -2.34. The van der Waals surface area contributed by atoms with Crippen molar-refractivity contribution >= 4 is 51.0 Å². The van der Waals surface area contributed by atoms with Crippen LogP contribution in [0.4, 0.5) is 18.0 Å². The van der Waals surface area contributed by atoms with Crippen LogP contribution >= 0.6 is 11.6 Å². The molecule has 2 aliphatic rings. The molecule has 64 heavy (non-hydrogen) atoms. The number of nitrogens with zero attached hydrogens (tertiary/aromatic N) is 1. The van der Waals surface area contributed by atoms with Crippen molar-refractivity contribution in [3.8, 4) is 5.75 Å². The Morgan fingerprint density at radius 3 is 1.98 bits per heavy atom. The molecule has 4 atom stereocenters. The summed E-state index contributed by atoms with van der Waals surface area (Å²) in [5.74, 6) is -5.70. The van der Waals surface area contributed by atoms with Gasteiger partial charge in [0, 0.05) is 24.5 Å². The number of likely N-dealkylation sites (tertiary alicyclic amines) is 1. The predicted octanol–water partition coefficient (Wildman–Crippen LogP) is 6.77. The van der Waals surface area contributed by atoms with E-state index in [1.165, 1.54) is 21.0 Å². The first-order valence-electron chi connectivity index (χ1n) is 21.1. The molecule has 3 aromatic rings. The van der Waals surface area contributed by atoms with Crippen LogP contribution in [0, 0.1) is 5.92 Å². The van der Waals surface area contributed by atoms with Crippen molar-refractivity contribution < 1.29 is 55.0 Å². The number of benzene rings is 3. The molecule has 0 spiro atoms. The first kappa shape index (κ1) is 49.8. The van der Waals surface area contributed by atoms with Gasteiger partial charge in [0.2, 0.25) is 17.7 Å². The zero-order valence-corrected chi connectivity index (χ0v) is 38.3. The second-order valence-electron chi connectivity index (χ2n) is 17.8.